The van der Waals surface area contributed by atoms with Crippen molar-refractivity contribution in [1.82, 2.24) is 21.5 Å². The van der Waals surface area contributed by atoms with Gasteiger partial charge in [-0.2, -0.15) is 0 Å². The fourth-order valence-corrected chi connectivity index (χ4v) is 0.510. The van der Waals surface area contributed by atoms with Gasteiger partial charge in [0.25, 0.3) is 0 Å². The van der Waals surface area contributed by atoms with E-state index in [1.54, 1.807) is 7.05 Å². The summed E-state index contributed by atoms with van der Waals surface area (Å²) >= 11 is 4.72. The van der Waals surface area contributed by atoms with E-state index >= 15 is 0 Å². The van der Waals surface area contributed by atoms with E-state index < -0.39 is 0 Å². The molecule has 0 radical (unpaired) electrons. The number of hydrogen-bond donors (Lipinski definition) is 4. The molecule has 4 N–H and O–H groups in total. The van der Waals surface area contributed by atoms with Gasteiger partial charge in [0.2, 0.25) is 0 Å². The van der Waals surface area contributed by atoms with Crippen molar-refractivity contribution >= 4 is 23.4 Å². The van der Waals surface area contributed by atoms with Crippen LogP contribution in [0.3, 0.4) is 0 Å². The van der Waals surface area contributed by atoms with Gasteiger partial charge in [0.1, 0.15) is 0 Å². The molecule has 0 heterocycles. The van der Waals surface area contributed by atoms with Crippen molar-refractivity contribution in [2.75, 3.05) is 13.6 Å². The Balaban J connectivity index is 3.37. The quantitative estimate of drug-likeness (QED) is 0.357. The Morgan fingerprint density at radius 1 is 1.42 bits per heavy atom. The molecule has 0 saturated heterocycles. The number of carbonyl (C=O) groups is 1. The molecule has 0 rings (SSSR count). The van der Waals surface area contributed by atoms with Crippen LogP contribution in [0, 0.1) is 0 Å². The van der Waals surface area contributed by atoms with Gasteiger partial charge in [-0.25, -0.2) is 10.2 Å². The molecule has 0 aliphatic heterocycles. The number of hydrazine groups is 1. The number of amides is 2. The largest absolute Gasteiger partial charge is 0.364 e. The number of nitrogens with one attached hydrogen (secondary N) is 4. The maximum Gasteiger partial charge on any atom is 0.333 e. The van der Waals surface area contributed by atoms with Gasteiger partial charge < -0.3 is 10.6 Å². The van der Waals surface area contributed by atoms with Crippen molar-refractivity contribution in [3.05, 3.63) is 0 Å². The lowest BCUT2D eigenvalue weighted by Gasteiger charge is -2.08. The second kappa shape index (κ2) is 6.66. The third-order valence-electron chi connectivity index (χ3n) is 1.05. The molecule has 0 spiro atoms. The van der Waals surface area contributed by atoms with Crippen LogP contribution in [0.15, 0.2) is 0 Å². The lowest BCUT2D eigenvalue weighted by atomic mass is 10.5. The van der Waals surface area contributed by atoms with Gasteiger partial charge in [-0.05, 0) is 18.6 Å². The summed E-state index contributed by atoms with van der Waals surface area (Å²) in [5.74, 6) is 0. The summed E-state index contributed by atoms with van der Waals surface area (Å²) in [6, 6.07) is -0.283. The van der Waals surface area contributed by atoms with Crippen LogP contribution in [0.2, 0.25) is 0 Å². The minimum Gasteiger partial charge on any atom is -0.364 e. The van der Waals surface area contributed by atoms with Crippen LogP contribution >= 0.6 is 12.2 Å². The van der Waals surface area contributed by atoms with Crippen LogP contribution in [0.25, 0.3) is 0 Å². The van der Waals surface area contributed by atoms with Gasteiger partial charge in [-0.1, -0.05) is 6.92 Å². The highest BCUT2D eigenvalue weighted by Gasteiger charge is 1.96. The minimum absolute atomic E-state index is 0.283. The fourth-order valence-electron chi connectivity index (χ4n) is 0.459. The highest BCUT2D eigenvalue weighted by atomic mass is 32.1. The molecule has 0 bridgehead atoms. The second-order valence-electron chi connectivity index (χ2n) is 2.09. The third-order valence-corrected chi connectivity index (χ3v) is 1.36. The molecule has 0 fully saturated rings. The fraction of sp³-hybridized carbons (Fsp3) is 0.667. The summed E-state index contributed by atoms with van der Waals surface area (Å²) in [6.07, 6.45) is 0.907. The average molecular weight is 190 g/mol. The summed E-state index contributed by atoms with van der Waals surface area (Å²) in [7, 11) is 1.67. The van der Waals surface area contributed by atoms with E-state index in [0.29, 0.717) is 11.7 Å². The van der Waals surface area contributed by atoms with Crippen molar-refractivity contribution < 1.29 is 4.79 Å². The molecule has 0 saturated carbocycles. The first kappa shape index (κ1) is 11.0. The van der Waals surface area contributed by atoms with Gasteiger partial charge in [-0.15, -0.1) is 0 Å². The first-order valence-electron chi connectivity index (χ1n) is 3.72. The van der Waals surface area contributed by atoms with Crippen molar-refractivity contribution in [3.63, 3.8) is 0 Å². The van der Waals surface area contributed by atoms with E-state index in [4.69, 9.17) is 12.2 Å². The normalized spacial score (nSPS) is 8.50. The van der Waals surface area contributed by atoms with Crippen LogP contribution in [0.5, 0.6) is 0 Å². The highest BCUT2D eigenvalue weighted by Crippen LogP contribution is 1.69. The summed E-state index contributed by atoms with van der Waals surface area (Å²) in [6.45, 7) is 2.63. The van der Waals surface area contributed by atoms with E-state index in [0.717, 1.165) is 6.42 Å². The molecule has 0 aromatic rings. The van der Waals surface area contributed by atoms with Crippen molar-refractivity contribution in [2.24, 2.45) is 0 Å². The lowest BCUT2D eigenvalue weighted by molar-refractivity contribution is 0.239. The zero-order valence-corrected chi connectivity index (χ0v) is 8.05. The minimum atomic E-state index is -0.283. The van der Waals surface area contributed by atoms with Gasteiger partial charge in [0, 0.05) is 13.6 Å². The van der Waals surface area contributed by atoms with E-state index in [9.17, 15) is 4.79 Å². The van der Waals surface area contributed by atoms with Crippen LogP contribution in [-0.4, -0.2) is 24.7 Å². The molecule has 0 aromatic carbocycles. The molecule has 0 atom stereocenters. The molecule has 0 aliphatic carbocycles. The predicted molar refractivity (Wildman–Crippen MR) is 51.6 cm³/mol. The molecule has 70 valence electrons. The van der Waals surface area contributed by atoms with Gasteiger partial charge in [-0.3, -0.25) is 5.43 Å². The molecule has 6 heteroatoms. The lowest BCUT2D eigenvalue weighted by Crippen LogP contribution is -2.49. The topological polar surface area (TPSA) is 65.2 Å². The van der Waals surface area contributed by atoms with Crippen molar-refractivity contribution in [2.45, 2.75) is 13.3 Å². The molecule has 0 unspecified atom stereocenters. The highest BCUT2D eigenvalue weighted by molar-refractivity contribution is 7.80. The predicted octanol–water partition coefficient (Wildman–Crippen LogP) is -0.295. The second-order valence-corrected chi connectivity index (χ2v) is 2.49. The van der Waals surface area contributed by atoms with Crippen molar-refractivity contribution in [3.8, 4) is 0 Å². The van der Waals surface area contributed by atoms with Crippen LogP contribution in [0.4, 0.5) is 4.79 Å². The van der Waals surface area contributed by atoms with Crippen LogP contribution in [-0.2, 0) is 0 Å². The van der Waals surface area contributed by atoms with E-state index in [1.165, 1.54) is 0 Å². The van der Waals surface area contributed by atoms with E-state index in [2.05, 4.69) is 21.5 Å². The van der Waals surface area contributed by atoms with Gasteiger partial charge >= 0.3 is 6.03 Å². The number of thiocarbonyl (C=S) groups is 1. The van der Waals surface area contributed by atoms with E-state index in [1.807, 2.05) is 6.92 Å². The molecule has 2 amide bonds. The molecule has 12 heavy (non-hydrogen) atoms. The van der Waals surface area contributed by atoms with E-state index in [-0.39, 0.29) is 6.03 Å². The van der Waals surface area contributed by atoms with Crippen molar-refractivity contribution in [1.29, 1.82) is 0 Å². The SMILES string of the molecule is CCCNC(=O)NNC(=S)NC. The summed E-state index contributed by atoms with van der Waals surface area (Å²) in [5, 5.41) is 5.64. The molecular weight excluding hydrogens is 176 g/mol. The molecule has 0 aromatic heterocycles. The summed E-state index contributed by atoms with van der Waals surface area (Å²) in [5.41, 5.74) is 4.86. The van der Waals surface area contributed by atoms with Gasteiger partial charge in [0.15, 0.2) is 5.11 Å². The average Bonchev–Trinajstić information content (AvgIpc) is 2.10. The van der Waals surface area contributed by atoms with Crippen LogP contribution in [0.1, 0.15) is 13.3 Å². The Kier molecular flexibility index (Phi) is 6.08. The maximum absolute atomic E-state index is 10.9. The van der Waals surface area contributed by atoms with Crippen LogP contribution < -0.4 is 21.5 Å². The first-order chi connectivity index (χ1) is 5.70. The summed E-state index contributed by atoms with van der Waals surface area (Å²) in [4.78, 5) is 10.9. The Bertz CT molecular complexity index is 162. The molecule has 5 nitrogen and oxygen atoms in total. The number of rotatable bonds is 2. The molecule has 0 aliphatic rings. The zero-order valence-electron chi connectivity index (χ0n) is 7.23. The summed E-state index contributed by atoms with van der Waals surface area (Å²) < 4.78 is 0. The Morgan fingerprint density at radius 2 is 2.08 bits per heavy atom. The third kappa shape index (κ3) is 5.72. The standard InChI is InChI=1S/C6H14N4OS/c1-3-4-8-5(11)9-10-6(12)7-2/h3-4H2,1-2H3,(H2,7,10,12)(H2,8,9,11). The first-order valence-corrected chi connectivity index (χ1v) is 4.13. The maximum atomic E-state index is 10.9. The molecular formula is C6H14N4OS. The Morgan fingerprint density at radius 3 is 2.58 bits per heavy atom. The smallest absolute Gasteiger partial charge is 0.333 e. The number of hydrogen-bond acceptors (Lipinski definition) is 2. The number of carbonyl (C=O) groups excluding carboxylic acids is 1. The zero-order chi connectivity index (χ0) is 9.40. The number of urea groups is 1. The monoisotopic (exact) mass is 190 g/mol. The van der Waals surface area contributed by atoms with Gasteiger partial charge in [0.05, 0.1) is 0 Å². The Labute approximate surface area is 77.3 Å². The Hall–Kier alpha value is -1.04.